The van der Waals surface area contributed by atoms with E-state index in [9.17, 15) is 9.59 Å². The fraction of sp³-hybridized carbons (Fsp3) is 0.300. The molecule has 0 atom stereocenters. The van der Waals surface area contributed by atoms with Gasteiger partial charge in [-0.05, 0) is 12.1 Å². The lowest BCUT2D eigenvalue weighted by Gasteiger charge is -2.08. The number of rotatable bonds is 3. The van der Waals surface area contributed by atoms with Crippen molar-refractivity contribution in [3.8, 4) is 0 Å². The van der Waals surface area contributed by atoms with Gasteiger partial charge in [-0.15, -0.1) is 0 Å². The molecule has 0 N–H and O–H groups in total. The van der Waals surface area contributed by atoms with E-state index < -0.39 is 0 Å². The summed E-state index contributed by atoms with van der Waals surface area (Å²) < 4.78 is 0. The number of aromatic nitrogens is 1. The van der Waals surface area contributed by atoms with Crippen LogP contribution < -0.4 is 0 Å². The summed E-state index contributed by atoms with van der Waals surface area (Å²) in [7, 11) is 3.25. The van der Waals surface area contributed by atoms with E-state index in [1.54, 1.807) is 32.4 Å². The van der Waals surface area contributed by atoms with Gasteiger partial charge in [0.1, 0.15) is 0 Å². The van der Waals surface area contributed by atoms with Crippen LogP contribution in [0.25, 0.3) is 0 Å². The third-order valence-corrected chi connectivity index (χ3v) is 1.79. The summed E-state index contributed by atoms with van der Waals surface area (Å²) in [6, 6.07) is 3.33. The molecule has 0 aromatic carbocycles. The molecule has 0 unspecified atom stereocenters. The molecule has 0 saturated heterocycles. The van der Waals surface area contributed by atoms with Crippen molar-refractivity contribution < 1.29 is 9.59 Å². The Bertz CT molecular complexity index is 333. The van der Waals surface area contributed by atoms with Gasteiger partial charge in [0.05, 0.1) is 6.42 Å². The van der Waals surface area contributed by atoms with E-state index in [0.717, 1.165) is 0 Å². The summed E-state index contributed by atoms with van der Waals surface area (Å²) in [5, 5.41) is 0. The number of pyridine rings is 1. The average molecular weight is 192 g/mol. The molecule has 1 amide bonds. The molecule has 0 radical (unpaired) electrons. The minimum Gasteiger partial charge on any atom is -0.348 e. The lowest BCUT2D eigenvalue weighted by atomic mass is 10.1. The molecule has 14 heavy (non-hydrogen) atoms. The first kappa shape index (κ1) is 10.4. The number of hydrogen-bond donors (Lipinski definition) is 0. The van der Waals surface area contributed by atoms with Gasteiger partial charge in [-0.25, -0.2) is 0 Å². The molecule has 0 bridgehead atoms. The molecular formula is C10H12N2O2. The zero-order valence-electron chi connectivity index (χ0n) is 8.23. The van der Waals surface area contributed by atoms with E-state index in [1.165, 1.54) is 11.1 Å². The van der Waals surface area contributed by atoms with Crippen LogP contribution >= 0.6 is 0 Å². The summed E-state index contributed by atoms with van der Waals surface area (Å²) in [4.78, 5) is 27.9. The zero-order chi connectivity index (χ0) is 10.6. The number of nitrogens with zero attached hydrogens (tertiary/aromatic N) is 2. The number of hydrogen-bond acceptors (Lipinski definition) is 3. The molecule has 4 heteroatoms. The second kappa shape index (κ2) is 4.50. The Kier molecular flexibility index (Phi) is 3.34. The SMILES string of the molecule is CN(C)C(=O)CC(=O)c1cccnc1. The second-order valence-corrected chi connectivity index (χ2v) is 3.13. The molecule has 0 fully saturated rings. The Morgan fingerprint density at radius 2 is 2.14 bits per heavy atom. The van der Waals surface area contributed by atoms with Crippen LogP contribution in [0.3, 0.4) is 0 Å². The fourth-order valence-electron chi connectivity index (χ4n) is 0.925. The Labute approximate surface area is 82.6 Å². The molecule has 1 rings (SSSR count). The highest BCUT2D eigenvalue weighted by molar-refractivity contribution is 6.07. The van der Waals surface area contributed by atoms with Gasteiger partial charge in [0.25, 0.3) is 0 Å². The van der Waals surface area contributed by atoms with E-state index in [4.69, 9.17) is 0 Å². The Balaban J connectivity index is 2.65. The summed E-state index contributed by atoms with van der Waals surface area (Å²) in [5.74, 6) is -0.393. The maximum atomic E-state index is 11.5. The van der Waals surface area contributed by atoms with E-state index in [1.807, 2.05) is 0 Å². The normalized spacial score (nSPS) is 9.57. The van der Waals surface area contributed by atoms with Crippen molar-refractivity contribution in [3.63, 3.8) is 0 Å². The lowest BCUT2D eigenvalue weighted by Crippen LogP contribution is -2.24. The quantitative estimate of drug-likeness (QED) is 0.524. The van der Waals surface area contributed by atoms with E-state index >= 15 is 0 Å². The van der Waals surface area contributed by atoms with Crippen LogP contribution in [0.5, 0.6) is 0 Å². The van der Waals surface area contributed by atoms with Crippen molar-refractivity contribution in [2.75, 3.05) is 14.1 Å². The Morgan fingerprint density at radius 3 is 2.64 bits per heavy atom. The summed E-state index contributed by atoms with van der Waals surface area (Å²) in [6.07, 6.45) is 2.95. The molecule has 0 aliphatic rings. The molecule has 0 aliphatic heterocycles. The van der Waals surface area contributed by atoms with E-state index in [-0.39, 0.29) is 18.1 Å². The Morgan fingerprint density at radius 1 is 1.43 bits per heavy atom. The van der Waals surface area contributed by atoms with E-state index in [2.05, 4.69) is 4.98 Å². The first-order valence-corrected chi connectivity index (χ1v) is 4.24. The standard InChI is InChI=1S/C10H12N2O2/c1-12(2)10(14)6-9(13)8-4-3-5-11-7-8/h3-5,7H,6H2,1-2H3. The van der Waals surface area contributed by atoms with Crippen LogP contribution in [0.1, 0.15) is 16.8 Å². The molecule has 74 valence electrons. The zero-order valence-corrected chi connectivity index (χ0v) is 8.23. The summed E-state index contributed by atoms with van der Waals surface area (Å²) >= 11 is 0. The summed E-state index contributed by atoms with van der Waals surface area (Å²) in [5.41, 5.74) is 0.475. The van der Waals surface area contributed by atoms with Gasteiger partial charge in [-0.2, -0.15) is 0 Å². The van der Waals surface area contributed by atoms with Crippen molar-refractivity contribution in [1.29, 1.82) is 0 Å². The number of ketones is 1. The van der Waals surface area contributed by atoms with Crippen molar-refractivity contribution in [2.24, 2.45) is 0 Å². The van der Waals surface area contributed by atoms with Crippen molar-refractivity contribution in [3.05, 3.63) is 30.1 Å². The minimum absolute atomic E-state index is 0.0985. The first-order valence-electron chi connectivity index (χ1n) is 4.24. The van der Waals surface area contributed by atoms with Crippen LogP contribution in [0.4, 0.5) is 0 Å². The molecule has 4 nitrogen and oxygen atoms in total. The van der Waals surface area contributed by atoms with Crippen molar-refractivity contribution >= 4 is 11.7 Å². The molecular weight excluding hydrogens is 180 g/mol. The maximum Gasteiger partial charge on any atom is 0.229 e. The highest BCUT2D eigenvalue weighted by Gasteiger charge is 2.12. The smallest absolute Gasteiger partial charge is 0.229 e. The van der Waals surface area contributed by atoms with Crippen LogP contribution in [0, 0.1) is 0 Å². The molecule has 0 saturated carbocycles. The monoisotopic (exact) mass is 192 g/mol. The molecule has 1 heterocycles. The average Bonchev–Trinajstić information content (AvgIpc) is 2.19. The number of carbonyl (C=O) groups excluding carboxylic acids is 2. The van der Waals surface area contributed by atoms with Crippen LogP contribution in [0.2, 0.25) is 0 Å². The highest BCUT2D eigenvalue weighted by atomic mass is 16.2. The van der Waals surface area contributed by atoms with E-state index in [0.29, 0.717) is 5.56 Å². The first-order chi connectivity index (χ1) is 6.61. The van der Waals surface area contributed by atoms with Gasteiger partial charge in [-0.3, -0.25) is 14.6 Å². The van der Waals surface area contributed by atoms with Gasteiger partial charge in [0, 0.05) is 32.1 Å². The largest absolute Gasteiger partial charge is 0.348 e. The predicted octanol–water partition coefficient (Wildman–Crippen LogP) is 0.743. The lowest BCUT2D eigenvalue weighted by molar-refractivity contribution is -0.127. The van der Waals surface area contributed by atoms with Gasteiger partial charge in [0.15, 0.2) is 5.78 Å². The van der Waals surface area contributed by atoms with Crippen LogP contribution in [-0.4, -0.2) is 35.7 Å². The van der Waals surface area contributed by atoms with Crippen LogP contribution in [0.15, 0.2) is 24.5 Å². The van der Waals surface area contributed by atoms with Gasteiger partial charge >= 0.3 is 0 Å². The maximum absolute atomic E-state index is 11.5. The Hall–Kier alpha value is -1.71. The number of amides is 1. The second-order valence-electron chi connectivity index (χ2n) is 3.13. The number of Topliss-reactive ketones (excluding diaryl/α,β-unsaturated/α-hetero) is 1. The molecule has 0 aliphatic carbocycles. The molecule has 1 aromatic heterocycles. The van der Waals surface area contributed by atoms with Gasteiger partial charge < -0.3 is 4.90 Å². The van der Waals surface area contributed by atoms with Crippen molar-refractivity contribution in [1.82, 2.24) is 9.88 Å². The van der Waals surface area contributed by atoms with Gasteiger partial charge in [0.2, 0.25) is 5.91 Å². The summed E-state index contributed by atoms with van der Waals surface area (Å²) in [6.45, 7) is 0. The fourth-order valence-corrected chi connectivity index (χ4v) is 0.925. The number of carbonyl (C=O) groups is 2. The van der Waals surface area contributed by atoms with Crippen LogP contribution in [-0.2, 0) is 4.79 Å². The van der Waals surface area contributed by atoms with Crippen molar-refractivity contribution in [2.45, 2.75) is 6.42 Å². The molecule has 0 spiro atoms. The highest BCUT2D eigenvalue weighted by Crippen LogP contribution is 2.02. The predicted molar refractivity (Wildman–Crippen MR) is 51.9 cm³/mol. The molecule has 1 aromatic rings. The van der Waals surface area contributed by atoms with Gasteiger partial charge in [-0.1, -0.05) is 0 Å². The topological polar surface area (TPSA) is 50.3 Å². The third kappa shape index (κ3) is 2.65. The third-order valence-electron chi connectivity index (χ3n) is 1.79. The minimum atomic E-state index is -0.197.